The normalized spacial score (nSPS) is 10.7. The number of benzene rings is 2. The number of hydrazone groups is 1. The van der Waals surface area contributed by atoms with E-state index in [2.05, 4.69) is 15.8 Å². The summed E-state index contributed by atoms with van der Waals surface area (Å²) >= 11 is 5.79. The van der Waals surface area contributed by atoms with Crippen molar-refractivity contribution in [2.45, 2.75) is 6.54 Å². The molecule has 0 radical (unpaired) electrons. The molecule has 1 heterocycles. The van der Waals surface area contributed by atoms with Crippen LogP contribution in [0.15, 0.2) is 70.2 Å². The third-order valence-corrected chi connectivity index (χ3v) is 4.15. The van der Waals surface area contributed by atoms with Crippen LogP contribution in [0.4, 0.5) is 5.69 Å². The van der Waals surface area contributed by atoms with Crippen molar-refractivity contribution in [3.63, 3.8) is 0 Å². The van der Waals surface area contributed by atoms with Crippen LogP contribution >= 0.6 is 11.6 Å². The number of nitrogens with zero attached hydrogens (tertiary/aromatic N) is 2. The van der Waals surface area contributed by atoms with Gasteiger partial charge in [0.25, 0.3) is 5.69 Å². The summed E-state index contributed by atoms with van der Waals surface area (Å²) in [7, 11) is 0. The highest BCUT2D eigenvalue weighted by Gasteiger charge is 2.12. The molecule has 0 aliphatic carbocycles. The van der Waals surface area contributed by atoms with Gasteiger partial charge in [-0.15, -0.1) is 0 Å². The molecule has 30 heavy (non-hydrogen) atoms. The van der Waals surface area contributed by atoms with Gasteiger partial charge in [0, 0.05) is 29.3 Å². The number of rotatable bonds is 6. The maximum absolute atomic E-state index is 11.8. The summed E-state index contributed by atoms with van der Waals surface area (Å²) in [4.78, 5) is 34.0. The lowest BCUT2D eigenvalue weighted by molar-refractivity contribution is -0.384. The van der Waals surface area contributed by atoms with Crippen molar-refractivity contribution in [2.24, 2.45) is 5.10 Å². The van der Waals surface area contributed by atoms with E-state index in [4.69, 9.17) is 16.0 Å². The number of hydrogen-bond donors (Lipinski definition) is 2. The summed E-state index contributed by atoms with van der Waals surface area (Å²) in [6.45, 7) is 0.165. The van der Waals surface area contributed by atoms with Gasteiger partial charge in [-0.2, -0.15) is 5.10 Å². The zero-order valence-electron chi connectivity index (χ0n) is 15.4. The van der Waals surface area contributed by atoms with Gasteiger partial charge >= 0.3 is 11.8 Å². The molecular weight excluding hydrogens is 412 g/mol. The van der Waals surface area contributed by atoms with Crippen molar-refractivity contribution in [3.05, 3.63) is 87.1 Å². The Morgan fingerprint density at radius 3 is 2.60 bits per heavy atom. The first-order chi connectivity index (χ1) is 14.4. The van der Waals surface area contributed by atoms with Crippen LogP contribution < -0.4 is 10.7 Å². The second-order valence-corrected chi connectivity index (χ2v) is 6.45. The molecular formula is C20H15ClN4O5. The largest absolute Gasteiger partial charge is 0.455 e. The number of furan rings is 1. The maximum Gasteiger partial charge on any atom is 0.329 e. The van der Waals surface area contributed by atoms with Gasteiger partial charge in [0.15, 0.2) is 0 Å². The summed E-state index contributed by atoms with van der Waals surface area (Å²) in [6, 6.07) is 16.0. The lowest BCUT2D eigenvalue weighted by Crippen LogP contribution is -2.37. The molecule has 0 unspecified atom stereocenters. The topological polar surface area (TPSA) is 127 Å². The van der Waals surface area contributed by atoms with E-state index in [1.807, 2.05) is 0 Å². The number of hydrogen-bond acceptors (Lipinski definition) is 6. The average molecular weight is 427 g/mol. The van der Waals surface area contributed by atoms with Crippen molar-refractivity contribution in [2.75, 3.05) is 0 Å². The van der Waals surface area contributed by atoms with E-state index in [0.717, 1.165) is 5.56 Å². The number of amides is 2. The fourth-order valence-corrected chi connectivity index (χ4v) is 2.55. The second kappa shape index (κ2) is 9.48. The van der Waals surface area contributed by atoms with Crippen LogP contribution in [0.2, 0.25) is 5.02 Å². The minimum absolute atomic E-state index is 0.0593. The van der Waals surface area contributed by atoms with E-state index in [1.54, 1.807) is 48.5 Å². The van der Waals surface area contributed by atoms with Crippen LogP contribution in [0, 0.1) is 10.1 Å². The lowest BCUT2D eigenvalue weighted by Gasteiger charge is -2.04. The van der Waals surface area contributed by atoms with Gasteiger partial charge in [-0.3, -0.25) is 19.7 Å². The number of carbonyl (C=O) groups is 2. The zero-order chi connectivity index (χ0) is 21.5. The van der Waals surface area contributed by atoms with Crippen LogP contribution in [0.5, 0.6) is 0 Å². The molecule has 0 aliphatic rings. The molecule has 0 saturated heterocycles. The molecule has 152 valence electrons. The van der Waals surface area contributed by atoms with Crippen LogP contribution in [-0.4, -0.2) is 23.0 Å². The Morgan fingerprint density at radius 2 is 1.87 bits per heavy atom. The van der Waals surface area contributed by atoms with Crippen molar-refractivity contribution >= 4 is 35.3 Å². The second-order valence-electron chi connectivity index (χ2n) is 6.02. The molecule has 9 nitrogen and oxygen atoms in total. The maximum atomic E-state index is 11.8. The molecule has 0 fully saturated rings. The Bertz CT molecular complexity index is 1110. The Morgan fingerprint density at radius 1 is 1.10 bits per heavy atom. The van der Waals surface area contributed by atoms with Crippen molar-refractivity contribution in [1.82, 2.24) is 10.7 Å². The highest BCUT2D eigenvalue weighted by Crippen LogP contribution is 2.25. The third kappa shape index (κ3) is 5.52. The van der Waals surface area contributed by atoms with E-state index >= 15 is 0 Å². The van der Waals surface area contributed by atoms with Gasteiger partial charge in [0.1, 0.15) is 11.5 Å². The van der Waals surface area contributed by atoms with E-state index < -0.39 is 16.7 Å². The van der Waals surface area contributed by atoms with Crippen LogP contribution in [0.1, 0.15) is 11.3 Å². The summed E-state index contributed by atoms with van der Waals surface area (Å²) in [6.07, 6.45) is 1.21. The predicted octanol–water partition coefficient (Wildman–Crippen LogP) is 3.27. The van der Waals surface area contributed by atoms with Crippen molar-refractivity contribution < 1.29 is 18.9 Å². The first kappa shape index (κ1) is 20.7. The number of non-ortho nitro benzene ring substituents is 1. The van der Waals surface area contributed by atoms with Gasteiger partial charge < -0.3 is 9.73 Å². The average Bonchev–Trinajstić information content (AvgIpc) is 3.22. The molecule has 2 amide bonds. The number of nitro benzene ring substituents is 1. The first-order valence-corrected chi connectivity index (χ1v) is 9.00. The smallest absolute Gasteiger partial charge is 0.329 e. The molecule has 0 saturated carbocycles. The van der Waals surface area contributed by atoms with Gasteiger partial charge in [-0.05, 0) is 29.8 Å². The molecule has 10 heteroatoms. The number of nitrogens with one attached hydrogen (secondary N) is 2. The first-order valence-electron chi connectivity index (χ1n) is 8.63. The van der Waals surface area contributed by atoms with Crippen LogP contribution in [0.25, 0.3) is 11.3 Å². The quantitative estimate of drug-likeness (QED) is 0.270. The van der Waals surface area contributed by atoms with Crippen molar-refractivity contribution in [3.8, 4) is 11.3 Å². The molecule has 0 aliphatic heterocycles. The molecule has 3 rings (SSSR count). The SMILES string of the molecule is O=C(NCc1ccc(Cl)cc1)C(=O)N/N=C/c1ccc(-c2cccc([N+](=O)[O-])c2)o1. The lowest BCUT2D eigenvalue weighted by atomic mass is 10.1. The monoisotopic (exact) mass is 426 g/mol. The predicted molar refractivity (Wildman–Crippen MR) is 110 cm³/mol. The van der Waals surface area contributed by atoms with Crippen LogP contribution in [-0.2, 0) is 16.1 Å². The highest BCUT2D eigenvalue weighted by molar-refractivity contribution is 6.35. The summed E-state index contributed by atoms with van der Waals surface area (Å²) in [5.41, 5.74) is 3.35. The number of halogens is 1. The molecule has 2 N–H and O–H groups in total. The third-order valence-electron chi connectivity index (χ3n) is 3.90. The molecule has 3 aromatic rings. The fourth-order valence-electron chi connectivity index (χ4n) is 2.42. The number of nitro groups is 1. The summed E-state index contributed by atoms with van der Waals surface area (Å²) in [5.74, 6) is -1.10. The molecule has 0 spiro atoms. The van der Waals surface area contributed by atoms with Crippen LogP contribution in [0.3, 0.4) is 0 Å². The Hall–Kier alpha value is -3.98. The molecule has 0 bridgehead atoms. The van der Waals surface area contributed by atoms with E-state index in [0.29, 0.717) is 22.1 Å². The summed E-state index contributed by atoms with van der Waals surface area (Å²) < 4.78 is 5.53. The fraction of sp³-hybridized carbons (Fsp3) is 0.0500. The van der Waals surface area contributed by atoms with Gasteiger partial charge in [0.2, 0.25) is 0 Å². The van der Waals surface area contributed by atoms with Gasteiger partial charge in [-0.1, -0.05) is 35.9 Å². The van der Waals surface area contributed by atoms with E-state index in [9.17, 15) is 19.7 Å². The highest BCUT2D eigenvalue weighted by atomic mass is 35.5. The number of carbonyl (C=O) groups excluding carboxylic acids is 2. The zero-order valence-corrected chi connectivity index (χ0v) is 16.1. The van der Waals surface area contributed by atoms with E-state index in [-0.39, 0.29) is 12.2 Å². The van der Waals surface area contributed by atoms with Crippen molar-refractivity contribution in [1.29, 1.82) is 0 Å². The standard InChI is InChI=1S/C20H15ClN4O5/c21-15-6-4-13(5-7-15)11-22-19(26)20(27)24-23-12-17-8-9-18(30-17)14-2-1-3-16(10-14)25(28)29/h1-10,12H,11H2,(H,22,26)(H,24,27)/b23-12+. The van der Waals surface area contributed by atoms with Gasteiger partial charge in [0.05, 0.1) is 11.1 Å². The minimum Gasteiger partial charge on any atom is -0.455 e. The summed E-state index contributed by atoms with van der Waals surface area (Å²) in [5, 5.41) is 17.6. The molecule has 1 aromatic heterocycles. The Labute approximate surface area is 175 Å². The molecule has 2 aromatic carbocycles. The van der Waals surface area contributed by atoms with E-state index in [1.165, 1.54) is 18.3 Å². The Balaban J connectivity index is 1.53. The molecule has 0 atom stereocenters. The Kier molecular flexibility index (Phi) is 6.56. The van der Waals surface area contributed by atoms with Gasteiger partial charge in [-0.25, -0.2) is 5.43 Å². The minimum atomic E-state index is -0.939.